The largest absolute Gasteiger partial charge is 0.467 e. The van der Waals surface area contributed by atoms with Gasteiger partial charge in [0.2, 0.25) is 5.91 Å². The van der Waals surface area contributed by atoms with Gasteiger partial charge in [0.15, 0.2) is 0 Å². The minimum Gasteiger partial charge on any atom is -0.467 e. The number of amides is 1. The molecule has 4 rings (SSSR count). The van der Waals surface area contributed by atoms with Crippen LogP contribution in [0, 0.1) is 5.82 Å². The summed E-state index contributed by atoms with van der Waals surface area (Å²) in [6, 6.07) is 7.95. The number of carbonyl (C=O) groups is 1. The lowest BCUT2D eigenvalue weighted by atomic mass is 10.1. The van der Waals surface area contributed by atoms with Gasteiger partial charge in [0.05, 0.1) is 23.7 Å². The van der Waals surface area contributed by atoms with Gasteiger partial charge in [-0.1, -0.05) is 6.07 Å². The highest BCUT2D eigenvalue weighted by Crippen LogP contribution is 2.31. The van der Waals surface area contributed by atoms with E-state index < -0.39 is 0 Å². The number of halogens is 1. The van der Waals surface area contributed by atoms with E-state index in [4.69, 9.17) is 4.42 Å². The highest BCUT2D eigenvalue weighted by atomic mass is 19.1. The maximum atomic E-state index is 14.3. The molecule has 6 nitrogen and oxygen atoms in total. The predicted molar refractivity (Wildman–Crippen MR) is 90.4 cm³/mol. The summed E-state index contributed by atoms with van der Waals surface area (Å²) >= 11 is 0. The van der Waals surface area contributed by atoms with Crippen LogP contribution in [0.25, 0.3) is 10.9 Å². The molecule has 128 valence electrons. The van der Waals surface area contributed by atoms with Crippen LogP contribution in [-0.4, -0.2) is 28.5 Å². The van der Waals surface area contributed by atoms with Crippen LogP contribution in [0.5, 0.6) is 0 Å². The van der Waals surface area contributed by atoms with Gasteiger partial charge >= 0.3 is 0 Å². The van der Waals surface area contributed by atoms with Gasteiger partial charge in [0.1, 0.15) is 29.8 Å². The molecule has 1 unspecified atom stereocenters. The van der Waals surface area contributed by atoms with Gasteiger partial charge in [-0.25, -0.2) is 14.4 Å². The Bertz CT molecular complexity index is 892. The first kappa shape index (κ1) is 15.6. The van der Waals surface area contributed by atoms with Gasteiger partial charge in [0, 0.05) is 6.54 Å². The number of anilines is 1. The summed E-state index contributed by atoms with van der Waals surface area (Å²) in [4.78, 5) is 22.9. The standard InChI is InChI=1S/C18H17FN4O2/c19-13-5-1-6-14-16(13)17(22-11-21-14)23-8-2-7-15(23)18(24)20-10-12-4-3-9-25-12/h1,3-6,9,11,15H,2,7-8,10H2,(H,20,24). The van der Waals surface area contributed by atoms with Crippen molar-refractivity contribution < 1.29 is 13.6 Å². The van der Waals surface area contributed by atoms with Crippen molar-refractivity contribution in [3.05, 3.63) is 54.5 Å². The van der Waals surface area contributed by atoms with Crippen LogP contribution in [0.3, 0.4) is 0 Å². The normalized spacial score (nSPS) is 17.2. The molecule has 0 spiro atoms. The lowest BCUT2D eigenvalue weighted by Gasteiger charge is -2.25. The summed E-state index contributed by atoms with van der Waals surface area (Å²) in [5, 5.41) is 3.24. The summed E-state index contributed by atoms with van der Waals surface area (Å²) in [6.45, 7) is 0.980. The molecule has 0 aliphatic carbocycles. The number of fused-ring (bicyclic) bond motifs is 1. The summed E-state index contributed by atoms with van der Waals surface area (Å²) in [6.07, 6.45) is 4.52. The Morgan fingerprint density at radius 3 is 3.08 bits per heavy atom. The number of hydrogen-bond acceptors (Lipinski definition) is 5. The first-order valence-electron chi connectivity index (χ1n) is 8.20. The minimum atomic E-state index is -0.382. The summed E-state index contributed by atoms with van der Waals surface area (Å²) in [7, 11) is 0. The van der Waals surface area contributed by atoms with Crippen LogP contribution < -0.4 is 10.2 Å². The van der Waals surface area contributed by atoms with Crippen LogP contribution in [0.2, 0.25) is 0 Å². The van der Waals surface area contributed by atoms with Gasteiger partial charge < -0.3 is 14.6 Å². The van der Waals surface area contributed by atoms with Crippen LogP contribution in [0.15, 0.2) is 47.3 Å². The van der Waals surface area contributed by atoms with Crippen molar-refractivity contribution in [2.75, 3.05) is 11.4 Å². The van der Waals surface area contributed by atoms with E-state index in [1.54, 1.807) is 30.5 Å². The van der Waals surface area contributed by atoms with Crippen LogP contribution >= 0.6 is 0 Å². The number of carbonyl (C=O) groups excluding carboxylic acids is 1. The quantitative estimate of drug-likeness (QED) is 0.790. The highest BCUT2D eigenvalue weighted by molar-refractivity contribution is 5.93. The van der Waals surface area contributed by atoms with Gasteiger partial charge in [-0.2, -0.15) is 0 Å². The predicted octanol–water partition coefficient (Wildman–Crippen LogP) is 2.65. The number of nitrogens with one attached hydrogen (secondary N) is 1. The molecule has 1 aliphatic heterocycles. The van der Waals surface area contributed by atoms with Gasteiger partial charge in [0.25, 0.3) is 0 Å². The van der Waals surface area contributed by atoms with E-state index >= 15 is 0 Å². The first-order valence-corrected chi connectivity index (χ1v) is 8.20. The molecular weight excluding hydrogens is 323 g/mol. The average Bonchev–Trinajstić information content (AvgIpc) is 3.31. The molecule has 7 heteroatoms. The van der Waals surface area contributed by atoms with Crippen molar-refractivity contribution >= 4 is 22.6 Å². The molecule has 0 radical (unpaired) electrons. The molecule has 1 aromatic carbocycles. The number of nitrogens with zero attached hydrogens (tertiary/aromatic N) is 3. The number of rotatable bonds is 4. The Morgan fingerprint density at radius 1 is 1.32 bits per heavy atom. The van der Waals surface area contributed by atoms with E-state index in [0.29, 0.717) is 42.0 Å². The van der Waals surface area contributed by atoms with Gasteiger partial charge in [-0.05, 0) is 37.1 Å². The van der Waals surface area contributed by atoms with Crippen molar-refractivity contribution in [3.63, 3.8) is 0 Å². The van der Waals surface area contributed by atoms with E-state index in [1.165, 1.54) is 12.4 Å². The first-order chi connectivity index (χ1) is 12.2. The molecule has 25 heavy (non-hydrogen) atoms. The third-order valence-corrected chi connectivity index (χ3v) is 4.44. The maximum Gasteiger partial charge on any atom is 0.243 e. The van der Waals surface area contributed by atoms with E-state index in [1.807, 2.05) is 4.90 Å². The maximum absolute atomic E-state index is 14.3. The average molecular weight is 340 g/mol. The number of benzene rings is 1. The van der Waals surface area contributed by atoms with Crippen molar-refractivity contribution in [2.45, 2.75) is 25.4 Å². The summed E-state index contributed by atoms with van der Waals surface area (Å²) in [5.41, 5.74) is 0.534. The molecule has 1 fully saturated rings. The Hall–Kier alpha value is -2.96. The van der Waals surface area contributed by atoms with Crippen LogP contribution in [0.4, 0.5) is 10.2 Å². The van der Waals surface area contributed by atoms with Gasteiger partial charge in [-0.15, -0.1) is 0 Å². The number of furan rings is 1. The van der Waals surface area contributed by atoms with E-state index in [2.05, 4.69) is 15.3 Å². The molecule has 2 aromatic heterocycles. The highest BCUT2D eigenvalue weighted by Gasteiger charge is 2.33. The smallest absolute Gasteiger partial charge is 0.243 e. The summed E-state index contributed by atoms with van der Waals surface area (Å²) in [5.74, 6) is 0.668. The fourth-order valence-corrected chi connectivity index (χ4v) is 3.27. The van der Waals surface area contributed by atoms with Crippen molar-refractivity contribution in [1.82, 2.24) is 15.3 Å². The molecule has 1 N–H and O–H groups in total. The minimum absolute atomic E-state index is 0.114. The second kappa shape index (κ2) is 6.51. The van der Waals surface area contributed by atoms with Crippen LogP contribution in [-0.2, 0) is 11.3 Å². The lowest BCUT2D eigenvalue weighted by molar-refractivity contribution is -0.122. The Balaban J connectivity index is 1.60. The zero-order chi connectivity index (χ0) is 17.2. The molecule has 3 aromatic rings. The Kier molecular flexibility index (Phi) is 4.05. The second-order valence-corrected chi connectivity index (χ2v) is 5.98. The number of hydrogen-bond donors (Lipinski definition) is 1. The second-order valence-electron chi connectivity index (χ2n) is 5.98. The van der Waals surface area contributed by atoms with Crippen molar-refractivity contribution in [3.8, 4) is 0 Å². The molecule has 3 heterocycles. The SMILES string of the molecule is O=C(NCc1ccco1)C1CCCN1c1ncnc2cccc(F)c12. The molecule has 1 saturated heterocycles. The topological polar surface area (TPSA) is 71.3 Å². The monoisotopic (exact) mass is 340 g/mol. The van der Waals surface area contributed by atoms with Crippen molar-refractivity contribution in [1.29, 1.82) is 0 Å². The Labute approximate surface area is 143 Å². The molecular formula is C18H17FN4O2. The Morgan fingerprint density at radius 2 is 2.24 bits per heavy atom. The fraction of sp³-hybridized carbons (Fsp3) is 0.278. The number of aromatic nitrogens is 2. The van der Waals surface area contributed by atoms with E-state index in [0.717, 1.165) is 6.42 Å². The molecule has 0 bridgehead atoms. The fourth-order valence-electron chi connectivity index (χ4n) is 3.27. The zero-order valence-electron chi connectivity index (χ0n) is 13.5. The third kappa shape index (κ3) is 2.93. The summed E-state index contributed by atoms with van der Waals surface area (Å²) < 4.78 is 19.6. The van der Waals surface area contributed by atoms with Crippen molar-refractivity contribution in [2.24, 2.45) is 0 Å². The molecule has 0 saturated carbocycles. The van der Waals surface area contributed by atoms with Crippen LogP contribution in [0.1, 0.15) is 18.6 Å². The molecule has 1 amide bonds. The lowest BCUT2D eigenvalue weighted by Crippen LogP contribution is -2.43. The van der Waals surface area contributed by atoms with E-state index in [-0.39, 0.29) is 17.8 Å². The zero-order valence-corrected chi connectivity index (χ0v) is 13.5. The molecule has 1 atom stereocenters. The molecule has 1 aliphatic rings. The van der Waals surface area contributed by atoms with E-state index in [9.17, 15) is 9.18 Å². The third-order valence-electron chi connectivity index (χ3n) is 4.44. The van der Waals surface area contributed by atoms with Gasteiger partial charge in [-0.3, -0.25) is 4.79 Å².